The number of unbranched alkanes of at least 4 members (excludes halogenated alkanes) is 1. The first-order chi connectivity index (χ1) is 15.9. The van der Waals surface area contributed by atoms with Gasteiger partial charge in [0.05, 0.1) is 6.04 Å². The number of aromatic nitrogens is 1. The molecule has 1 aliphatic heterocycles. The SMILES string of the molecule is [CH2-]CCCc1ccc2c(n1)NCCC2.[CH2-]COc1ccccc1.[CH2-]C[C@H](NC(C)=O)C(=O)O.[Li+]. The normalized spacial score (nSPS) is 12.0. The van der Waals surface area contributed by atoms with E-state index in [4.69, 9.17) is 9.84 Å². The molecule has 3 rings (SSSR count). The Morgan fingerprint density at radius 2 is 1.88 bits per heavy atom. The van der Waals surface area contributed by atoms with Gasteiger partial charge >= 0.3 is 24.8 Å². The molecule has 182 valence electrons. The topological polar surface area (TPSA) is 101 Å². The van der Waals surface area contributed by atoms with Crippen molar-refractivity contribution in [2.45, 2.75) is 51.5 Å². The maximum absolute atomic E-state index is 10.3. The van der Waals surface area contributed by atoms with Crippen LogP contribution >= 0.6 is 0 Å². The van der Waals surface area contributed by atoms with E-state index in [1.807, 2.05) is 30.3 Å². The quantitative estimate of drug-likeness (QED) is 0.405. The van der Waals surface area contributed by atoms with Crippen LogP contribution in [0.2, 0.25) is 0 Å². The van der Waals surface area contributed by atoms with E-state index in [0.29, 0.717) is 6.61 Å². The molecule has 0 bridgehead atoms. The van der Waals surface area contributed by atoms with Crippen LogP contribution in [0, 0.1) is 20.8 Å². The second kappa shape index (κ2) is 18.9. The molecular formula is C26H36LiN3O4-2. The number of hydrogen-bond acceptors (Lipinski definition) is 5. The maximum Gasteiger partial charge on any atom is 1.00 e. The van der Waals surface area contributed by atoms with Crippen molar-refractivity contribution in [1.29, 1.82) is 0 Å². The number of fused-ring (bicyclic) bond motifs is 1. The van der Waals surface area contributed by atoms with E-state index in [-0.39, 0.29) is 31.2 Å². The molecule has 0 saturated carbocycles. The van der Waals surface area contributed by atoms with Crippen molar-refractivity contribution >= 4 is 17.7 Å². The van der Waals surface area contributed by atoms with Crippen molar-refractivity contribution in [3.63, 3.8) is 0 Å². The fourth-order valence-electron chi connectivity index (χ4n) is 2.95. The van der Waals surface area contributed by atoms with Gasteiger partial charge in [0.15, 0.2) is 0 Å². The van der Waals surface area contributed by atoms with E-state index in [1.54, 1.807) is 0 Å². The van der Waals surface area contributed by atoms with Crippen molar-refractivity contribution in [2.75, 3.05) is 18.5 Å². The Bertz CT molecular complexity index is 834. The summed E-state index contributed by atoms with van der Waals surface area (Å²) >= 11 is 0. The third kappa shape index (κ3) is 13.3. The summed E-state index contributed by atoms with van der Waals surface area (Å²) < 4.78 is 5.09. The van der Waals surface area contributed by atoms with Gasteiger partial charge in [0.1, 0.15) is 11.6 Å². The van der Waals surface area contributed by atoms with Crippen molar-refractivity contribution in [2.24, 2.45) is 0 Å². The van der Waals surface area contributed by atoms with Crippen LogP contribution in [0.5, 0.6) is 5.75 Å². The van der Waals surface area contributed by atoms with E-state index in [0.717, 1.165) is 37.4 Å². The Morgan fingerprint density at radius 3 is 2.41 bits per heavy atom. The number of para-hydroxylation sites is 1. The number of carboxylic acid groups (broad SMARTS) is 1. The first-order valence-corrected chi connectivity index (χ1v) is 11.2. The van der Waals surface area contributed by atoms with Crippen LogP contribution < -0.4 is 34.2 Å². The second-order valence-corrected chi connectivity index (χ2v) is 7.34. The number of ether oxygens (including phenoxy) is 1. The second-order valence-electron chi connectivity index (χ2n) is 7.34. The first kappa shape index (κ1) is 31.5. The van der Waals surface area contributed by atoms with Gasteiger partial charge in [-0.25, -0.2) is 4.98 Å². The zero-order chi connectivity index (χ0) is 24.5. The number of carbonyl (C=O) groups is 2. The molecule has 2 heterocycles. The molecule has 8 heteroatoms. The number of aliphatic carboxylic acids is 1. The molecule has 1 aliphatic rings. The number of benzene rings is 1. The summed E-state index contributed by atoms with van der Waals surface area (Å²) in [6.45, 7) is 13.6. The zero-order valence-corrected chi connectivity index (χ0v) is 20.5. The molecule has 3 N–H and O–H groups in total. The number of aryl methyl sites for hydroxylation is 2. The summed E-state index contributed by atoms with van der Waals surface area (Å²) in [4.78, 5) is 25.1. The number of nitrogens with zero attached hydrogens (tertiary/aromatic N) is 1. The van der Waals surface area contributed by atoms with Crippen LogP contribution in [0.3, 0.4) is 0 Å². The molecule has 1 atom stereocenters. The van der Waals surface area contributed by atoms with Crippen molar-refractivity contribution in [1.82, 2.24) is 10.3 Å². The van der Waals surface area contributed by atoms with Crippen LogP contribution in [-0.4, -0.2) is 41.2 Å². The number of carbonyl (C=O) groups excluding carboxylic acids is 1. The van der Waals surface area contributed by atoms with Crippen molar-refractivity contribution in [3.8, 4) is 5.75 Å². The van der Waals surface area contributed by atoms with E-state index < -0.39 is 12.0 Å². The van der Waals surface area contributed by atoms with Gasteiger partial charge in [-0.2, -0.15) is 12.8 Å². The Morgan fingerprint density at radius 1 is 1.18 bits per heavy atom. The Hall–Kier alpha value is -2.49. The molecule has 1 amide bonds. The van der Waals surface area contributed by atoms with E-state index in [9.17, 15) is 9.59 Å². The smallest absolute Gasteiger partial charge is 0.525 e. The molecule has 0 radical (unpaired) electrons. The first-order valence-electron chi connectivity index (χ1n) is 11.2. The van der Waals surface area contributed by atoms with Crippen LogP contribution in [0.15, 0.2) is 42.5 Å². The molecule has 2 aromatic rings. The number of nitrogens with one attached hydrogen (secondary N) is 2. The summed E-state index contributed by atoms with van der Waals surface area (Å²) in [5.41, 5.74) is 2.57. The van der Waals surface area contributed by atoms with E-state index >= 15 is 0 Å². The minimum atomic E-state index is -1.05. The molecule has 34 heavy (non-hydrogen) atoms. The third-order valence-corrected chi connectivity index (χ3v) is 4.61. The Kier molecular flexibility index (Phi) is 17.5. The molecule has 7 nitrogen and oxygen atoms in total. The fourth-order valence-corrected chi connectivity index (χ4v) is 2.95. The zero-order valence-electron chi connectivity index (χ0n) is 20.5. The third-order valence-electron chi connectivity index (χ3n) is 4.61. The van der Waals surface area contributed by atoms with E-state index in [2.05, 4.69) is 48.5 Å². The Balaban J connectivity index is 0.000000490. The van der Waals surface area contributed by atoms with Gasteiger partial charge in [-0.3, -0.25) is 9.59 Å². The van der Waals surface area contributed by atoms with Crippen LogP contribution in [0.4, 0.5) is 5.82 Å². The molecule has 0 fully saturated rings. The molecule has 0 saturated heterocycles. The largest absolute Gasteiger partial charge is 1.00 e. The van der Waals surface area contributed by atoms with Gasteiger partial charge in [0.25, 0.3) is 0 Å². The van der Waals surface area contributed by atoms with Crippen LogP contribution in [0.25, 0.3) is 0 Å². The number of carboxylic acids is 1. The van der Waals surface area contributed by atoms with Gasteiger partial charge in [0.2, 0.25) is 5.91 Å². The predicted octanol–water partition coefficient (Wildman–Crippen LogP) is 1.30. The van der Waals surface area contributed by atoms with Gasteiger partial charge in [-0.05, 0) is 49.6 Å². The van der Waals surface area contributed by atoms with Gasteiger partial charge < -0.3 is 41.2 Å². The van der Waals surface area contributed by atoms with Gasteiger partial charge in [-0.1, -0.05) is 30.7 Å². The molecule has 1 aromatic heterocycles. The van der Waals surface area contributed by atoms with Crippen LogP contribution in [0.1, 0.15) is 43.9 Å². The van der Waals surface area contributed by atoms with Gasteiger partial charge in [0, 0.05) is 19.2 Å². The predicted molar refractivity (Wildman–Crippen MR) is 132 cm³/mol. The number of hydrogen-bond donors (Lipinski definition) is 3. The molecule has 0 spiro atoms. The Labute approximate surface area is 216 Å². The summed E-state index contributed by atoms with van der Waals surface area (Å²) in [6.07, 6.45) is 5.74. The number of rotatable bonds is 8. The average Bonchev–Trinajstić information content (AvgIpc) is 2.82. The summed E-state index contributed by atoms with van der Waals surface area (Å²) in [5.74, 6) is 0.589. The summed E-state index contributed by atoms with van der Waals surface area (Å²) in [5, 5.41) is 13.9. The minimum Gasteiger partial charge on any atom is -0.525 e. The molecule has 0 aliphatic carbocycles. The standard InChI is InChI=1S/C12H17N2.C8H9O.C6H10NO3.Li/c1-2-3-6-11-8-7-10-5-4-9-13-12(10)14-11;1-2-9-8-6-4-3-5-7-8;1-3-5(6(9)10)7-4(2)8;/h7-8H,1-6,9H2,(H,13,14);3-7H,1-2H2;5H,1,3H2,2H3,(H,7,8)(H,9,10);/q3*-1;+1/t;;5-;/m..0./s1. The monoisotopic (exact) mass is 461 g/mol. The van der Waals surface area contributed by atoms with Gasteiger partial charge in [-0.15, -0.1) is 0 Å². The van der Waals surface area contributed by atoms with E-state index in [1.165, 1.54) is 31.0 Å². The summed E-state index contributed by atoms with van der Waals surface area (Å²) in [6, 6.07) is 13.2. The molecule has 1 aromatic carbocycles. The minimum absolute atomic E-state index is 0. The fraction of sp³-hybridized carbons (Fsp3) is 0.385. The summed E-state index contributed by atoms with van der Waals surface area (Å²) in [7, 11) is 0. The van der Waals surface area contributed by atoms with Crippen molar-refractivity contribution < 1.29 is 38.3 Å². The maximum atomic E-state index is 10.3. The number of amides is 1. The number of anilines is 1. The van der Waals surface area contributed by atoms with Crippen LogP contribution in [-0.2, 0) is 22.4 Å². The van der Waals surface area contributed by atoms with Crippen molar-refractivity contribution in [3.05, 3.63) is 74.5 Å². The molecule has 0 unspecified atom stereocenters. The average molecular weight is 462 g/mol. The molecular weight excluding hydrogens is 425 g/mol. The number of pyridine rings is 1.